The monoisotopic (exact) mass is 247 g/mol. The van der Waals surface area contributed by atoms with Crippen LogP contribution in [0.1, 0.15) is 31.2 Å². The molecule has 1 fully saturated rings. The molecule has 1 aliphatic rings. The van der Waals surface area contributed by atoms with Gasteiger partial charge in [-0.2, -0.15) is 0 Å². The number of nitrogens with two attached hydrogens (primary N) is 1. The number of nitrogens with one attached hydrogen (secondary N) is 1. The molecule has 2 heterocycles. The average Bonchev–Trinajstić information content (AvgIpc) is 2.41. The summed E-state index contributed by atoms with van der Waals surface area (Å²) in [6.07, 6.45) is 8.43. The van der Waals surface area contributed by atoms with Crippen LogP contribution in [0, 0.1) is 5.41 Å². The van der Waals surface area contributed by atoms with E-state index in [1.54, 1.807) is 12.4 Å². The Morgan fingerprint density at radius 3 is 2.83 bits per heavy atom. The molecule has 0 unspecified atom stereocenters. The summed E-state index contributed by atoms with van der Waals surface area (Å²) in [5.41, 5.74) is 6.54. The van der Waals surface area contributed by atoms with Gasteiger partial charge in [0.25, 0.3) is 0 Å². The van der Waals surface area contributed by atoms with Crippen LogP contribution in [0.2, 0.25) is 0 Å². The summed E-state index contributed by atoms with van der Waals surface area (Å²) in [5, 5.41) is 3.29. The molecule has 1 saturated heterocycles. The van der Waals surface area contributed by atoms with Crippen LogP contribution < -0.4 is 11.1 Å². The van der Waals surface area contributed by atoms with Crippen LogP contribution in [0.3, 0.4) is 0 Å². The summed E-state index contributed by atoms with van der Waals surface area (Å²) in [5.74, 6) is -0.149. The zero-order valence-electron chi connectivity index (χ0n) is 10.7. The summed E-state index contributed by atoms with van der Waals surface area (Å²) in [4.78, 5) is 15.7. The molecular weight excluding hydrogens is 226 g/mol. The third kappa shape index (κ3) is 3.07. The molecule has 3 N–H and O–H groups in total. The van der Waals surface area contributed by atoms with E-state index in [9.17, 15) is 4.79 Å². The lowest BCUT2D eigenvalue weighted by atomic mass is 9.75. The van der Waals surface area contributed by atoms with E-state index in [0.29, 0.717) is 0 Å². The zero-order valence-corrected chi connectivity index (χ0v) is 10.7. The summed E-state index contributed by atoms with van der Waals surface area (Å²) in [6, 6.07) is 4.05. The van der Waals surface area contributed by atoms with Crippen molar-refractivity contribution in [3.8, 4) is 0 Å². The molecule has 1 atom stereocenters. The second-order valence-corrected chi connectivity index (χ2v) is 5.13. The molecule has 18 heavy (non-hydrogen) atoms. The Morgan fingerprint density at radius 1 is 1.44 bits per heavy atom. The average molecular weight is 247 g/mol. The lowest BCUT2D eigenvalue weighted by Crippen LogP contribution is -2.48. The van der Waals surface area contributed by atoms with Crippen molar-refractivity contribution in [3.05, 3.63) is 30.1 Å². The van der Waals surface area contributed by atoms with Gasteiger partial charge in [-0.1, -0.05) is 0 Å². The third-order valence-corrected chi connectivity index (χ3v) is 3.87. The quantitative estimate of drug-likeness (QED) is 0.823. The molecule has 0 bridgehead atoms. The summed E-state index contributed by atoms with van der Waals surface area (Å²) in [7, 11) is 0. The van der Waals surface area contributed by atoms with E-state index in [-0.39, 0.29) is 11.3 Å². The largest absolute Gasteiger partial charge is 0.369 e. The van der Waals surface area contributed by atoms with Crippen molar-refractivity contribution in [1.29, 1.82) is 0 Å². The summed E-state index contributed by atoms with van der Waals surface area (Å²) < 4.78 is 0. The smallest absolute Gasteiger partial charge is 0.224 e. The minimum Gasteiger partial charge on any atom is -0.369 e. The Labute approximate surface area is 108 Å². The second-order valence-electron chi connectivity index (χ2n) is 5.13. The summed E-state index contributed by atoms with van der Waals surface area (Å²) >= 11 is 0. The van der Waals surface area contributed by atoms with E-state index < -0.39 is 0 Å². The van der Waals surface area contributed by atoms with Crippen LogP contribution in [0.4, 0.5) is 0 Å². The molecular formula is C14H21N3O. The van der Waals surface area contributed by atoms with Crippen molar-refractivity contribution in [2.75, 3.05) is 13.1 Å². The van der Waals surface area contributed by atoms with E-state index in [1.165, 1.54) is 5.56 Å². The third-order valence-electron chi connectivity index (χ3n) is 3.87. The van der Waals surface area contributed by atoms with Gasteiger partial charge in [-0.3, -0.25) is 9.78 Å². The Hall–Kier alpha value is -1.42. The summed E-state index contributed by atoms with van der Waals surface area (Å²) in [6.45, 7) is 1.73. The molecule has 0 spiro atoms. The lowest BCUT2D eigenvalue weighted by molar-refractivity contribution is -0.129. The predicted octanol–water partition coefficient (Wildman–Crippen LogP) is 1.26. The molecule has 98 valence electrons. The minimum atomic E-state index is -0.328. The molecule has 4 heteroatoms. The molecule has 0 aliphatic carbocycles. The number of aromatic nitrogens is 1. The minimum absolute atomic E-state index is 0.149. The van der Waals surface area contributed by atoms with Crippen molar-refractivity contribution in [3.63, 3.8) is 0 Å². The van der Waals surface area contributed by atoms with E-state index in [1.807, 2.05) is 12.1 Å². The highest BCUT2D eigenvalue weighted by Crippen LogP contribution is 2.31. The van der Waals surface area contributed by atoms with Crippen LogP contribution in [-0.4, -0.2) is 24.0 Å². The molecule has 2 rings (SSSR count). The highest BCUT2D eigenvalue weighted by molar-refractivity contribution is 5.81. The predicted molar refractivity (Wildman–Crippen MR) is 70.9 cm³/mol. The van der Waals surface area contributed by atoms with Crippen LogP contribution in [0.5, 0.6) is 0 Å². The number of carbonyl (C=O) groups excluding carboxylic acids is 1. The molecule has 4 nitrogen and oxygen atoms in total. The zero-order chi connectivity index (χ0) is 12.8. The Kier molecular flexibility index (Phi) is 4.31. The Morgan fingerprint density at radius 2 is 2.22 bits per heavy atom. The maximum absolute atomic E-state index is 11.7. The number of hydrogen-bond donors (Lipinski definition) is 2. The fourth-order valence-corrected chi connectivity index (χ4v) is 2.70. The number of aryl methyl sites for hydroxylation is 1. The van der Waals surface area contributed by atoms with Crippen molar-refractivity contribution in [2.45, 2.75) is 32.1 Å². The van der Waals surface area contributed by atoms with Gasteiger partial charge in [0.1, 0.15) is 0 Å². The molecule has 1 amide bonds. The van der Waals surface area contributed by atoms with Crippen molar-refractivity contribution < 1.29 is 4.79 Å². The number of piperidine rings is 1. The van der Waals surface area contributed by atoms with Crippen molar-refractivity contribution >= 4 is 5.91 Å². The van der Waals surface area contributed by atoms with Crippen LogP contribution in [0.15, 0.2) is 24.5 Å². The molecule has 0 aromatic carbocycles. The van der Waals surface area contributed by atoms with Gasteiger partial charge in [0.15, 0.2) is 0 Å². The first-order valence-electron chi connectivity index (χ1n) is 6.62. The van der Waals surface area contributed by atoms with Gasteiger partial charge in [0.2, 0.25) is 5.91 Å². The normalized spacial score (nSPS) is 23.8. The Balaban J connectivity index is 1.88. The number of pyridine rings is 1. The van der Waals surface area contributed by atoms with Gasteiger partial charge in [-0.15, -0.1) is 0 Å². The van der Waals surface area contributed by atoms with E-state index in [4.69, 9.17) is 5.73 Å². The standard InChI is InChI=1S/C14H21N3O/c15-13(18)14(7-2-8-17-11-14)6-1-3-12-4-9-16-10-5-12/h4-5,9-10,17H,1-3,6-8,11H2,(H2,15,18)/t14-/m1/s1. The van der Waals surface area contributed by atoms with Crippen LogP contribution >= 0.6 is 0 Å². The van der Waals surface area contributed by atoms with E-state index in [2.05, 4.69) is 10.3 Å². The van der Waals surface area contributed by atoms with E-state index in [0.717, 1.165) is 45.2 Å². The van der Waals surface area contributed by atoms with E-state index >= 15 is 0 Å². The van der Waals surface area contributed by atoms with Crippen LogP contribution in [0.25, 0.3) is 0 Å². The van der Waals surface area contributed by atoms with Gasteiger partial charge < -0.3 is 11.1 Å². The van der Waals surface area contributed by atoms with Gasteiger partial charge in [-0.25, -0.2) is 0 Å². The fourth-order valence-electron chi connectivity index (χ4n) is 2.70. The first-order valence-corrected chi connectivity index (χ1v) is 6.62. The van der Waals surface area contributed by atoms with Gasteiger partial charge >= 0.3 is 0 Å². The van der Waals surface area contributed by atoms with Crippen LogP contribution in [-0.2, 0) is 11.2 Å². The first kappa shape index (κ1) is 13.0. The number of nitrogens with zero attached hydrogens (tertiary/aromatic N) is 1. The number of amides is 1. The topological polar surface area (TPSA) is 68.0 Å². The molecule has 1 aromatic heterocycles. The van der Waals surface area contributed by atoms with Crippen molar-refractivity contribution in [1.82, 2.24) is 10.3 Å². The lowest BCUT2D eigenvalue weighted by Gasteiger charge is -2.34. The Bertz CT molecular complexity index is 385. The van der Waals surface area contributed by atoms with Gasteiger partial charge in [-0.05, 0) is 56.3 Å². The highest BCUT2D eigenvalue weighted by Gasteiger charge is 2.37. The number of rotatable bonds is 5. The second kappa shape index (κ2) is 5.96. The van der Waals surface area contributed by atoms with Gasteiger partial charge in [0.05, 0.1) is 5.41 Å². The molecule has 0 saturated carbocycles. The first-order chi connectivity index (χ1) is 8.73. The maximum atomic E-state index is 11.7. The maximum Gasteiger partial charge on any atom is 0.224 e. The fraction of sp³-hybridized carbons (Fsp3) is 0.571. The highest BCUT2D eigenvalue weighted by atomic mass is 16.1. The number of hydrogen-bond acceptors (Lipinski definition) is 3. The molecule has 1 aliphatic heterocycles. The number of carbonyl (C=O) groups is 1. The number of primary amides is 1. The van der Waals surface area contributed by atoms with Gasteiger partial charge in [0, 0.05) is 18.9 Å². The van der Waals surface area contributed by atoms with Crippen molar-refractivity contribution in [2.24, 2.45) is 11.1 Å². The molecule has 1 aromatic rings. The molecule has 0 radical (unpaired) electrons. The SMILES string of the molecule is NC(=O)[C@]1(CCCc2ccncc2)CCCNC1.